The van der Waals surface area contributed by atoms with Gasteiger partial charge in [-0.15, -0.1) is 0 Å². The highest BCUT2D eigenvalue weighted by molar-refractivity contribution is 5.76. The molecule has 3 atom stereocenters. The highest BCUT2D eigenvalue weighted by Crippen LogP contribution is 2.19. The average Bonchev–Trinajstić information content (AvgIpc) is 2.00. The van der Waals surface area contributed by atoms with Crippen molar-refractivity contribution < 1.29 is 24.9 Å². The van der Waals surface area contributed by atoms with Crippen molar-refractivity contribution in [3.8, 4) is 0 Å². The van der Waals surface area contributed by atoms with Gasteiger partial charge in [-0.2, -0.15) is 0 Å². The van der Waals surface area contributed by atoms with Crippen LogP contribution in [0, 0.1) is 0 Å². The van der Waals surface area contributed by atoms with E-state index in [0.717, 1.165) is 0 Å². The minimum Gasteiger partial charge on any atom is -0.479 e. The van der Waals surface area contributed by atoms with Gasteiger partial charge in [-0.25, -0.2) is 4.79 Å². The number of aliphatic carboxylic acids is 1. The summed E-state index contributed by atoms with van der Waals surface area (Å²) in [6.07, 6.45) is -3.49. The van der Waals surface area contributed by atoms with Crippen LogP contribution in [0.15, 0.2) is 12.2 Å². The van der Waals surface area contributed by atoms with Crippen LogP contribution in [-0.4, -0.2) is 46.2 Å². The topological polar surface area (TPSA) is 87.0 Å². The quantitative estimate of drug-likeness (QED) is 0.432. The number of hydrogen-bond acceptors (Lipinski definition) is 4. The number of aliphatic hydroxyl groups excluding tert-OH is 2. The Bertz CT molecular complexity index is 212. The molecule has 0 aromatic carbocycles. The minimum atomic E-state index is -1.21. The van der Waals surface area contributed by atoms with Crippen molar-refractivity contribution in [3.05, 3.63) is 12.2 Å². The van der Waals surface area contributed by atoms with E-state index < -0.39 is 24.3 Å². The lowest BCUT2D eigenvalue weighted by Gasteiger charge is -2.30. The van der Waals surface area contributed by atoms with Gasteiger partial charge < -0.3 is 20.1 Å². The Hall–Kier alpha value is -0.910. The second kappa shape index (κ2) is 3.22. The molecule has 0 aliphatic carbocycles. The first kappa shape index (κ1) is 9.18. The van der Waals surface area contributed by atoms with Crippen molar-refractivity contribution >= 4 is 5.97 Å². The van der Waals surface area contributed by atoms with E-state index in [9.17, 15) is 9.90 Å². The zero-order valence-corrected chi connectivity index (χ0v) is 6.30. The van der Waals surface area contributed by atoms with Crippen molar-refractivity contribution in [2.75, 3.05) is 6.61 Å². The molecule has 0 amide bonds. The molecule has 0 aromatic heterocycles. The normalized spacial score (nSPS) is 36.5. The van der Waals surface area contributed by atoms with Gasteiger partial charge in [0.05, 0.1) is 6.61 Å². The second-order valence-corrected chi connectivity index (χ2v) is 2.64. The maximum atomic E-state index is 10.4. The van der Waals surface area contributed by atoms with Gasteiger partial charge in [0.25, 0.3) is 0 Å². The molecule has 1 aliphatic rings. The Balaban J connectivity index is 2.72. The van der Waals surface area contributed by atoms with Gasteiger partial charge in [-0.1, -0.05) is 6.58 Å². The summed E-state index contributed by atoms with van der Waals surface area (Å²) in [6.45, 7) is 3.15. The van der Waals surface area contributed by atoms with Crippen LogP contribution in [0.3, 0.4) is 0 Å². The van der Waals surface area contributed by atoms with Gasteiger partial charge in [0.15, 0.2) is 6.10 Å². The first-order valence-electron chi connectivity index (χ1n) is 3.43. The van der Waals surface area contributed by atoms with Gasteiger partial charge in [0.2, 0.25) is 0 Å². The summed E-state index contributed by atoms with van der Waals surface area (Å²) in [7, 11) is 0. The van der Waals surface area contributed by atoms with Gasteiger partial charge >= 0.3 is 5.97 Å². The van der Waals surface area contributed by atoms with E-state index in [-0.39, 0.29) is 12.2 Å². The van der Waals surface area contributed by atoms with Crippen LogP contribution in [0.2, 0.25) is 0 Å². The molecule has 5 nitrogen and oxygen atoms in total. The monoisotopic (exact) mass is 174 g/mol. The predicted octanol–water partition coefficient (Wildman–Crippen LogP) is -1.25. The van der Waals surface area contributed by atoms with Crippen LogP contribution < -0.4 is 0 Å². The summed E-state index contributed by atoms with van der Waals surface area (Å²) in [5.41, 5.74) is -0.0127. The van der Waals surface area contributed by atoms with Crippen molar-refractivity contribution in [1.29, 1.82) is 0 Å². The predicted molar refractivity (Wildman–Crippen MR) is 38.5 cm³/mol. The van der Waals surface area contributed by atoms with E-state index in [1.54, 1.807) is 0 Å². The first-order chi connectivity index (χ1) is 5.54. The van der Waals surface area contributed by atoms with Gasteiger partial charge in [0.1, 0.15) is 12.2 Å². The van der Waals surface area contributed by atoms with Gasteiger partial charge in [0, 0.05) is 0 Å². The number of carboxylic acids is 1. The minimum absolute atomic E-state index is 0.0127. The van der Waals surface area contributed by atoms with Crippen molar-refractivity contribution in [3.63, 3.8) is 0 Å². The smallest absolute Gasteiger partial charge is 0.337 e. The van der Waals surface area contributed by atoms with Crippen LogP contribution in [0.5, 0.6) is 0 Å². The molecule has 0 spiro atoms. The number of carbonyl (C=O) groups is 1. The molecule has 0 bridgehead atoms. The Morgan fingerprint density at radius 1 is 1.58 bits per heavy atom. The molecule has 1 rings (SSSR count). The average molecular weight is 174 g/mol. The SMILES string of the molecule is C=C1C(C(=O)O)OCC(O)C1O. The Morgan fingerprint density at radius 2 is 2.17 bits per heavy atom. The van der Waals surface area contributed by atoms with Crippen LogP contribution in [-0.2, 0) is 9.53 Å². The molecule has 0 saturated carbocycles. The summed E-state index contributed by atoms with van der Waals surface area (Å²) in [5.74, 6) is -1.20. The zero-order valence-electron chi connectivity index (χ0n) is 6.30. The van der Waals surface area contributed by atoms with E-state index in [4.69, 9.17) is 14.9 Å². The van der Waals surface area contributed by atoms with Crippen LogP contribution in [0.25, 0.3) is 0 Å². The molecule has 1 fully saturated rings. The molecule has 5 heteroatoms. The maximum Gasteiger partial charge on any atom is 0.337 e. The van der Waals surface area contributed by atoms with Crippen molar-refractivity contribution in [2.45, 2.75) is 18.3 Å². The summed E-state index contributed by atoms with van der Waals surface area (Å²) >= 11 is 0. The van der Waals surface area contributed by atoms with E-state index in [2.05, 4.69) is 6.58 Å². The molecule has 0 aromatic rings. The summed E-state index contributed by atoms with van der Waals surface area (Å²) in [5, 5.41) is 26.7. The maximum absolute atomic E-state index is 10.4. The van der Waals surface area contributed by atoms with Crippen LogP contribution >= 0.6 is 0 Å². The number of carboxylic acid groups (broad SMARTS) is 1. The number of ether oxygens (including phenoxy) is 1. The summed E-state index contributed by atoms with van der Waals surface area (Å²) in [6, 6.07) is 0. The van der Waals surface area contributed by atoms with Gasteiger partial charge in [-0.3, -0.25) is 0 Å². The summed E-state index contributed by atoms with van der Waals surface area (Å²) < 4.78 is 4.73. The molecule has 68 valence electrons. The Labute approximate surface area is 68.9 Å². The van der Waals surface area contributed by atoms with Crippen molar-refractivity contribution in [1.82, 2.24) is 0 Å². The Morgan fingerprint density at radius 3 is 2.67 bits per heavy atom. The fourth-order valence-electron chi connectivity index (χ4n) is 1.03. The lowest BCUT2D eigenvalue weighted by Crippen LogP contribution is -2.46. The van der Waals surface area contributed by atoms with Crippen LogP contribution in [0.4, 0.5) is 0 Å². The highest BCUT2D eigenvalue weighted by atomic mass is 16.5. The largest absolute Gasteiger partial charge is 0.479 e. The third-order valence-corrected chi connectivity index (χ3v) is 1.74. The molecule has 12 heavy (non-hydrogen) atoms. The van der Waals surface area contributed by atoms with Crippen LogP contribution in [0.1, 0.15) is 0 Å². The zero-order chi connectivity index (χ0) is 9.30. The highest BCUT2D eigenvalue weighted by Gasteiger charge is 2.35. The second-order valence-electron chi connectivity index (χ2n) is 2.64. The molecule has 1 heterocycles. The Kier molecular flexibility index (Phi) is 2.46. The third kappa shape index (κ3) is 1.47. The van der Waals surface area contributed by atoms with E-state index in [1.165, 1.54) is 0 Å². The van der Waals surface area contributed by atoms with E-state index >= 15 is 0 Å². The molecule has 3 N–H and O–H groups in total. The van der Waals surface area contributed by atoms with Gasteiger partial charge in [-0.05, 0) is 5.57 Å². The standard InChI is InChI=1S/C7H10O5/c1-3-5(9)4(8)2-12-6(3)7(10)11/h4-6,8-9H,1-2H2,(H,10,11). The fraction of sp³-hybridized carbons (Fsp3) is 0.571. The number of rotatable bonds is 1. The number of aliphatic hydroxyl groups is 2. The molecule has 3 unspecified atom stereocenters. The molecular formula is C7H10O5. The lowest BCUT2D eigenvalue weighted by molar-refractivity contribution is -0.157. The number of hydrogen-bond donors (Lipinski definition) is 3. The molecule has 1 saturated heterocycles. The lowest BCUT2D eigenvalue weighted by atomic mass is 9.98. The van der Waals surface area contributed by atoms with Crippen molar-refractivity contribution in [2.24, 2.45) is 0 Å². The third-order valence-electron chi connectivity index (χ3n) is 1.74. The fourth-order valence-corrected chi connectivity index (χ4v) is 1.03. The molecular weight excluding hydrogens is 164 g/mol. The first-order valence-corrected chi connectivity index (χ1v) is 3.43. The molecule has 0 radical (unpaired) electrons. The molecule has 1 aliphatic heterocycles. The van der Waals surface area contributed by atoms with E-state index in [0.29, 0.717) is 0 Å². The summed E-state index contributed by atoms with van der Waals surface area (Å²) in [4.78, 5) is 10.4. The van der Waals surface area contributed by atoms with E-state index in [1.807, 2.05) is 0 Å².